The quantitative estimate of drug-likeness (QED) is 0.865. The van der Waals surface area contributed by atoms with Crippen LogP contribution in [0.15, 0.2) is 41.3 Å². The second-order valence-corrected chi connectivity index (χ2v) is 6.84. The SMILES string of the molecule is Cn1ccc(C(=O)Nc2ccc(F)c(NC(=O)C3CCCCC3)c2)cc1=O. The van der Waals surface area contributed by atoms with Crippen molar-refractivity contribution in [2.45, 2.75) is 32.1 Å². The molecule has 1 aromatic heterocycles. The number of halogens is 1. The highest BCUT2D eigenvalue weighted by Crippen LogP contribution is 2.26. The first-order valence-corrected chi connectivity index (χ1v) is 9.02. The first kappa shape index (κ1) is 18.8. The third-order valence-electron chi connectivity index (χ3n) is 4.82. The first-order valence-electron chi connectivity index (χ1n) is 9.02. The van der Waals surface area contributed by atoms with Gasteiger partial charge in [-0.05, 0) is 37.1 Å². The Hall–Kier alpha value is -2.96. The minimum atomic E-state index is -0.564. The molecule has 0 radical (unpaired) electrons. The molecule has 0 spiro atoms. The Balaban J connectivity index is 1.72. The Bertz CT molecular complexity index is 917. The van der Waals surface area contributed by atoms with Crippen molar-refractivity contribution in [1.82, 2.24) is 4.57 Å². The van der Waals surface area contributed by atoms with Crippen LogP contribution in [0.25, 0.3) is 0 Å². The molecule has 1 fully saturated rings. The molecular formula is C20H22FN3O3. The third kappa shape index (κ3) is 4.61. The molecule has 7 heteroatoms. The van der Waals surface area contributed by atoms with Crippen molar-refractivity contribution in [2.24, 2.45) is 13.0 Å². The van der Waals surface area contributed by atoms with Gasteiger partial charge in [0.05, 0.1) is 5.69 Å². The van der Waals surface area contributed by atoms with E-state index >= 15 is 0 Å². The number of benzene rings is 1. The summed E-state index contributed by atoms with van der Waals surface area (Å²) in [5.41, 5.74) is 0.269. The van der Waals surface area contributed by atoms with E-state index in [0.29, 0.717) is 5.69 Å². The summed E-state index contributed by atoms with van der Waals surface area (Å²) < 4.78 is 15.4. The van der Waals surface area contributed by atoms with E-state index in [4.69, 9.17) is 0 Å². The molecule has 27 heavy (non-hydrogen) atoms. The van der Waals surface area contributed by atoms with Gasteiger partial charge < -0.3 is 15.2 Å². The molecule has 1 aliphatic rings. The minimum Gasteiger partial charge on any atom is -0.323 e. The third-order valence-corrected chi connectivity index (χ3v) is 4.82. The first-order chi connectivity index (χ1) is 12.9. The Kier molecular flexibility index (Phi) is 5.69. The van der Waals surface area contributed by atoms with E-state index in [1.165, 1.54) is 41.1 Å². The summed E-state index contributed by atoms with van der Waals surface area (Å²) in [5, 5.41) is 5.25. The van der Waals surface area contributed by atoms with E-state index < -0.39 is 11.7 Å². The fraction of sp³-hybridized carbons (Fsp3) is 0.350. The van der Waals surface area contributed by atoms with Gasteiger partial charge in [-0.3, -0.25) is 14.4 Å². The number of nitrogens with one attached hydrogen (secondary N) is 2. The van der Waals surface area contributed by atoms with E-state index in [-0.39, 0.29) is 28.6 Å². The molecular weight excluding hydrogens is 349 g/mol. The number of nitrogens with zero attached hydrogens (tertiary/aromatic N) is 1. The van der Waals surface area contributed by atoms with Crippen molar-refractivity contribution in [1.29, 1.82) is 0 Å². The van der Waals surface area contributed by atoms with E-state index in [9.17, 15) is 18.8 Å². The van der Waals surface area contributed by atoms with E-state index in [1.54, 1.807) is 7.05 Å². The van der Waals surface area contributed by atoms with Crippen molar-refractivity contribution in [3.05, 3.63) is 58.3 Å². The zero-order valence-corrected chi connectivity index (χ0v) is 15.1. The summed E-state index contributed by atoms with van der Waals surface area (Å²) in [7, 11) is 1.59. The van der Waals surface area contributed by atoms with Crippen LogP contribution in [0.4, 0.5) is 15.8 Å². The molecule has 1 aliphatic carbocycles. The lowest BCUT2D eigenvalue weighted by Gasteiger charge is -2.21. The minimum absolute atomic E-state index is 0.0346. The molecule has 1 aromatic carbocycles. The molecule has 0 unspecified atom stereocenters. The summed E-state index contributed by atoms with van der Waals surface area (Å²) in [6.07, 6.45) is 6.26. The smallest absolute Gasteiger partial charge is 0.255 e. The standard InChI is InChI=1S/C20H22FN3O3/c1-24-10-9-14(11-18(24)25)20(27)22-15-7-8-16(21)17(12-15)23-19(26)13-5-3-2-4-6-13/h7-13H,2-6H2,1H3,(H,22,27)(H,23,26). The molecule has 0 saturated heterocycles. The topological polar surface area (TPSA) is 80.2 Å². The number of rotatable bonds is 4. The number of carbonyl (C=O) groups is 2. The van der Waals surface area contributed by atoms with E-state index in [1.807, 2.05) is 0 Å². The fourth-order valence-electron chi connectivity index (χ4n) is 3.19. The average Bonchev–Trinajstić information content (AvgIpc) is 2.67. The summed E-state index contributed by atoms with van der Waals surface area (Å²) in [6.45, 7) is 0. The largest absolute Gasteiger partial charge is 0.323 e. The maximum atomic E-state index is 14.1. The van der Waals surface area contributed by atoms with Crippen LogP contribution in [0.1, 0.15) is 42.5 Å². The molecule has 0 atom stereocenters. The van der Waals surface area contributed by atoms with Gasteiger partial charge in [-0.15, -0.1) is 0 Å². The van der Waals surface area contributed by atoms with E-state index in [2.05, 4.69) is 10.6 Å². The van der Waals surface area contributed by atoms with Crippen molar-refractivity contribution in [3.63, 3.8) is 0 Å². The predicted molar refractivity (Wildman–Crippen MR) is 101 cm³/mol. The summed E-state index contributed by atoms with van der Waals surface area (Å²) in [5.74, 6) is -1.34. The van der Waals surface area contributed by atoms with Crippen LogP contribution in [0.3, 0.4) is 0 Å². The van der Waals surface area contributed by atoms with Gasteiger partial charge in [0.15, 0.2) is 0 Å². The summed E-state index contributed by atoms with van der Waals surface area (Å²) in [6, 6.07) is 6.73. The Morgan fingerprint density at radius 2 is 1.81 bits per heavy atom. The molecule has 6 nitrogen and oxygen atoms in total. The fourth-order valence-corrected chi connectivity index (χ4v) is 3.19. The number of aryl methyl sites for hydroxylation is 1. The van der Waals surface area contributed by atoms with Crippen LogP contribution in [-0.4, -0.2) is 16.4 Å². The summed E-state index contributed by atoms with van der Waals surface area (Å²) in [4.78, 5) is 36.3. The van der Waals surface area contributed by atoms with Crippen molar-refractivity contribution in [2.75, 3.05) is 10.6 Å². The molecule has 0 aliphatic heterocycles. The number of hydrogen-bond donors (Lipinski definition) is 2. The normalized spacial score (nSPS) is 14.6. The van der Waals surface area contributed by atoms with Crippen molar-refractivity contribution >= 4 is 23.2 Å². The highest BCUT2D eigenvalue weighted by Gasteiger charge is 2.22. The number of hydrogen-bond acceptors (Lipinski definition) is 3. The second kappa shape index (κ2) is 8.16. The number of pyridine rings is 1. The lowest BCUT2D eigenvalue weighted by Crippen LogP contribution is -2.25. The van der Waals surface area contributed by atoms with Crippen LogP contribution in [0, 0.1) is 11.7 Å². The van der Waals surface area contributed by atoms with Gasteiger partial charge in [0, 0.05) is 36.5 Å². The molecule has 142 valence electrons. The molecule has 3 rings (SSSR count). The maximum absolute atomic E-state index is 14.1. The highest BCUT2D eigenvalue weighted by atomic mass is 19.1. The number of amides is 2. The van der Waals surface area contributed by atoms with Gasteiger partial charge in [-0.2, -0.15) is 0 Å². The maximum Gasteiger partial charge on any atom is 0.255 e. The number of carbonyl (C=O) groups excluding carboxylic acids is 2. The second-order valence-electron chi connectivity index (χ2n) is 6.84. The molecule has 2 aromatic rings. The van der Waals surface area contributed by atoms with Gasteiger partial charge in [0.1, 0.15) is 5.82 Å². The van der Waals surface area contributed by atoms with Crippen molar-refractivity contribution in [3.8, 4) is 0 Å². The van der Waals surface area contributed by atoms with Crippen molar-refractivity contribution < 1.29 is 14.0 Å². The molecule has 0 bridgehead atoms. The van der Waals surface area contributed by atoms with Crippen LogP contribution < -0.4 is 16.2 Å². The van der Waals surface area contributed by atoms with E-state index in [0.717, 1.165) is 32.1 Å². The lowest BCUT2D eigenvalue weighted by atomic mass is 9.88. The van der Waals surface area contributed by atoms with Crippen LogP contribution in [0.5, 0.6) is 0 Å². The Morgan fingerprint density at radius 3 is 2.52 bits per heavy atom. The van der Waals surface area contributed by atoms with Gasteiger partial charge in [0.2, 0.25) is 5.91 Å². The van der Waals surface area contributed by atoms with Gasteiger partial charge in [0.25, 0.3) is 11.5 Å². The van der Waals surface area contributed by atoms with Crippen LogP contribution in [-0.2, 0) is 11.8 Å². The van der Waals surface area contributed by atoms with Gasteiger partial charge in [-0.1, -0.05) is 19.3 Å². The number of aromatic nitrogens is 1. The van der Waals surface area contributed by atoms with Gasteiger partial charge >= 0.3 is 0 Å². The zero-order valence-electron chi connectivity index (χ0n) is 15.1. The van der Waals surface area contributed by atoms with Crippen LogP contribution >= 0.6 is 0 Å². The highest BCUT2D eigenvalue weighted by molar-refractivity contribution is 6.04. The lowest BCUT2D eigenvalue weighted by molar-refractivity contribution is -0.120. The monoisotopic (exact) mass is 371 g/mol. The average molecular weight is 371 g/mol. The Morgan fingerprint density at radius 1 is 1.07 bits per heavy atom. The number of anilines is 2. The van der Waals surface area contributed by atoms with Gasteiger partial charge in [-0.25, -0.2) is 4.39 Å². The predicted octanol–water partition coefficient (Wildman–Crippen LogP) is 3.30. The Labute approximate surface area is 156 Å². The zero-order chi connectivity index (χ0) is 19.4. The molecule has 1 saturated carbocycles. The van der Waals surface area contributed by atoms with Crippen LogP contribution in [0.2, 0.25) is 0 Å². The molecule has 1 heterocycles. The molecule has 2 N–H and O–H groups in total. The molecule has 2 amide bonds. The summed E-state index contributed by atoms with van der Waals surface area (Å²) >= 11 is 0.